The molecule has 2 N–H and O–H groups in total. The Morgan fingerprint density at radius 2 is 2.07 bits per heavy atom. The highest BCUT2D eigenvalue weighted by Gasteiger charge is 2.36. The molecule has 3 rings (SSSR count). The summed E-state index contributed by atoms with van der Waals surface area (Å²) in [6, 6.07) is 10.9. The highest BCUT2D eigenvalue weighted by molar-refractivity contribution is 6.35. The van der Waals surface area contributed by atoms with Gasteiger partial charge in [-0.3, -0.25) is 9.69 Å². The molecule has 0 fully saturated rings. The van der Waals surface area contributed by atoms with Crippen molar-refractivity contribution in [1.29, 1.82) is 0 Å². The second kappa shape index (κ2) is 9.14. The normalized spacial score (nSPS) is 18.2. The smallest absolute Gasteiger partial charge is 0.234 e. The van der Waals surface area contributed by atoms with Crippen LogP contribution in [0.25, 0.3) is 0 Å². The van der Waals surface area contributed by atoms with Gasteiger partial charge in [-0.2, -0.15) is 0 Å². The Hall–Kier alpha value is -1.79. The minimum Gasteiger partial charge on any atom is -0.496 e. The van der Waals surface area contributed by atoms with Crippen molar-refractivity contribution in [3.63, 3.8) is 0 Å². The monoisotopic (exact) mass is 422 g/mol. The summed E-state index contributed by atoms with van der Waals surface area (Å²) in [6.45, 7) is 0.672. The highest BCUT2D eigenvalue weighted by atomic mass is 35.5. The fourth-order valence-corrected chi connectivity index (χ4v) is 4.38. The van der Waals surface area contributed by atoms with Crippen molar-refractivity contribution in [2.75, 3.05) is 27.2 Å². The molecular formula is C21H24Cl2N2O3. The molecule has 0 bridgehead atoms. The molecule has 2 atom stereocenters. The van der Waals surface area contributed by atoms with Crippen LogP contribution in [0.4, 0.5) is 0 Å². The number of carbonyl (C=O) groups is 1. The molecule has 28 heavy (non-hydrogen) atoms. The zero-order chi connectivity index (χ0) is 20.3. The number of aliphatic hydroxyl groups excluding tert-OH is 1. The molecule has 5 nitrogen and oxygen atoms in total. The van der Waals surface area contributed by atoms with Crippen molar-refractivity contribution in [2.24, 2.45) is 0 Å². The molecule has 0 spiro atoms. The topological polar surface area (TPSA) is 61.8 Å². The Morgan fingerprint density at radius 3 is 2.82 bits per heavy atom. The van der Waals surface area contributed by atoms with Crippen LogP contribution in [0.1, 0.15) is 22.7 Å². The van der Waals surface area contributed by atoms with Crippen LogP contribution in [-0.2, 0) is 17.6 Å². The van der Waals surface area contributed by atoms with Crippen molar-refractivity contribution >= 4 is 29.1 Å². The van der Waals surface area contributed by atoms with Crippen LogP contribution in [0, 0.1) is 0 Å². The van der Waals surface area contributed by atoms with Crippen molar-refractivity contribution in [3.05, 3.63) is 63.1 Å². The van der Waals surface area contributed by atoms with Crippen molar-refractivity contribution in [3.8, 4) is 5.75 Å². The Bertz CT molecular complexity index is 860. The third-order valence-corrected chi connectivity index (χ3v) is 5.62. The number of methoxy groups -OCH3 is 1. The molecule has 0 radical (unpaired) electrons. The van der Waals surface area contributed by atoms with Crippen LogP contribution in [0.5, 0.6) is 5.75 Å². The van der Waals surface area contributed by atoms with Gasteiger partial charge >= 0.3 is 0 Å². The summed E-state index contributed by atoms with van der Waals surface area (Å²) in [4.78, 5) is 14.2. The number of hydrogen-bond donors (Lipinski definition) is 2. The first-order valence-electron chi connectivity index (χ1n) is 9.15. The zero-order valence-corrected chi connectivity index (χ0v) is 17.4. The molecule has 1 aliphatic carbocycles. The molecule has 2 aromatic carbocycles. The number of ether oxygens (including phenoxy) is 1. The van der Waals surface area contributed by atoms with E-state index in [1.165, 1.54) is 0 Å². The SMILES string of the molecule is COc1ccccc1CCNC(=O)CN(C)C1c2cc(Cl)cc(Cl)c2CC1O. The number of aliphatic hydroxyl groups is 1. The van der Waals surface area contributed by atoms with Gasteiger partial charge < -0.3 is 15.2 Å². The lowest BCUT2D eigenvalue weighted by Gasteiger charge is -2.27. The molecule has 0 saturated heterocycles. The van der Waals surface area contributed by atoms with Crippen LogP contribution in [0.15, 0.2) is 36.4 Å². The van der Waals surface area contributed by atoms with Gasteiger partial charge in [-0.05, 0) is 48.4 Å². The third kappa shape index (κ3) is 4.61. The number of para-hydroxylation sites is 1. The molecule has 2 aromatic rings. The fraction of sp³-hybridized carbons (Fsp3) is 0.381. The van der Waals surface area contributed by atoms with Gasteiger partial charge in [0.1, 0.15) is 5.75 Å². The van der Waals surface area contributed by atoms with Gasteiger partial charge in [-0.15, -0.1) is 0 Å². The second-order valence-corrected chi connectivity index (χ2v) is 7.84. The van der Waals surface area contributed by atoms with E-state index in [9.17, 15) is 9.90 Å². The highest BCUT2D eigenvalue weighted by Crippen LogP contribution is 2.40. The molecule has 0 aromatic heterocycles. The van der Waals surface area contributed by atoms with E-state index < -0.39 is 6.10 Å². The number of carbonyl (C=O) groups excluding carboxylic acids is 1. The lowest BCUT2D eigenvalue weighted by Crippen LogP contribution is -2.40. The van der Waals surface area contributed by atoms with E-state index in [1.807, 2.05) is 42.3 Å². The second-order valence-electron chi connectivity index (χ2n) is 7.00. The first kappa shape index (κ1) is 20.9. The molecule has 2 unspecified atom stereocenters. The molecule has 0 saturated carbocycles. The number of likely N-dealkylation sites (N-methyl/N-ethyl adjacent to an activating group) is 1. The third-order valence-electron chi connectivity index (χ3n) is 5.07. The van der Waals surface area contributed by atoms with Crippen LogP contribution in [0.2, 0.25) is 10.0 Å². The maximum absolute atomic E-state index is 12.4. The first-order valence-corrected chi connectivity index (χ1v) is 9.91. The Labute approximate surface area is 175 Å². The predicted molar refractivity (Wildman–Crippen MR) is 111 cm³/mol. The van der Waals surface area contributed by atoms with Gasteiger partial charge in [-0.25, -0.2) is 0 Å². The quantitative estimate of drug-likeness (QED) is 0.718. The number of amides is 1. The van der Waals surface area contributed by atoms with Gasteiger partial charge in [-0.1, -0.05) is 41.4 Å². The summed E-state index contributed by atoms with van der Waals surface area (Å²) in [7, 11) is 3.45. The van der Waals surface area contributed by atoms with Gasteiger partial charge in [0, 0.05) is 23.0 Å². The summed E-state index contributed by atoms with van der Waals surface area (Å²) >= 11 is 12.4. The average Bonchev–Trinajstić information content (AvgIpc) is 2.98. The van der Waals surface area contributed by atoms with Crippen LogP contribution < -0.4 is 10.1 Å². The number of hydrogen-bond acceptors (Lipinski definition) is 4. The van der Waals surface area contributed by atoms with E-state index in [0.29, 0.717) is 29.4 Å². The lowest BCUT2D eigenvalue weighted by molar-refractivity contribution is -0.122. The van der Waals surface area contributed by atoms with Crippen molar-refractivity contribution in [1.82, 2.24) is 10.2 Å². The maximum atomic E-state index is 12.4. The summed E-state index contributed by atoms with van der Waals surface area (Å²) in [6.07, 6.45) is 0.507. The van der Waals surface area contributed by atoms with E-state index in [1.54, 1.807) is 13.2 Å². The molecule has 1 aliphatic rings. The van der Waals surface area contributed by atoms with Crippen molar-refractivity contribution in [2.45, 2.75) is 25.0 Å². The van der Waals surface area contributed by atoms with E-state index in [2.05, 4.69) is 5.32 Å². The largest absolute Gasteiger partial charge is 0.496 e. The fourth-order valence-electron chi connectivity index (χ4n) is 3.79. The van der Waals surface area contributed by atoms with Gasteiger partial charge in [0.15, 0.2) is 0 Å². The number of fused-ring (bicyclic) bond motifs is 1. The summed E-state index contributed by atoms with van der Waals surface area (Å²) in [5, 5.41) is 14.5. The summed E-state index contributed by atoms with van der Waals surface area (Å²) in [5.41, 5.74) is 2.82. The minimum atomic E-state index is -0.627. The first-order chi connectivity index (χ1) is 13.4. The zero-order valence-electron chi connectivity index (χ0n) is 15.9. The maximum Gasteiger partial charge on any atom is 0.234 e. The summed E-state index contributed by atoms with van der Waals surface area (Å²) in [5.74, 6) is 0.708. The Kier molecular flexibility index (Phi) is 6.83. The number of nitrogens with zero attached hydrogens (tertiary/aromatic N) is 1. The summed E-state index contributed by atoms with van der Waals surface area (Å²) < 4.78 is 5.33. The Balaban J connectivity index is 1.58. The van der Waals surface area contributed by atoms with Crippen molar-refractivity contribution < 1.29 is 14.6 Å². The minimum absolute atomic E-state index is 0.105. The van der Waals surface area contributed by atoms with E-state index >= 15 is 0 Å². The lowest BCUT2D eigenvalue weighted by atomic mass is 10.1. The van der Waals surface area contributed by atoms with Crippen LogP contribution in [-0.4, -0.2) is 49.3 Å². The molecular weight excluding hydrogens is 399 g/mol. The number of rotatable bonds is 7. The van der Waals surface area contributed by atoms with Crippen LogP contribution >= 0.6 is 23.2 Å². The van der Waals surface area contributed by atoms with Gasteiger partial charge in [0.2, 0.25) is 5.91 Å². The van der Waals surface area contributed by atoms with E-state index in [0.717, 1.165) is 22.4 Å². The van der Waals surface area contributed by atoms with Gasteiger partial charge in [0.05, 0.1) is 25.8 Å². The number of halogens is 2. The molecule has 0 aliphatic heterocycles. The van der Waals surface area contributed by atoms with Gasteiger partial charge in [0.25, 0.3) is 0 Å². The Morgan fingerprint density at radius 1 is 1.32 bits per heavy atom. The van der Waals surface area contributed by atoms with E-state index in [4.69, 9.17) is 27.9 Å². The molecule has 150 valence electrons. The molecule has 7 heteroatoms. The van der Waals surface area contributed by atoms with E-state index in [-0.39, 0.29) is 18.5 Å². The molecule has 0 heterocycles. The predicted octanol–water partition coefficient (Wildman–Crippen LogP) is 3.25. The standard InChI is InChI=1S/C21H24Cl2N2O3/c1-25(21-16-9-14(22)10-17(23)15(16)11-18(21)26)12-20(27)24-8-7-13-5-3-4-6-19(13)28-2/h3-6,9-10,18,21,26H,7-8,11-12H2,1-2H3,(H,24,27). The molecule has 1 amide bonds. The number of nitrogens with one attached hydrogen (secondary N) is 1. The van der Waals surface area contributed by atoms with Crippen LogP contribution in [0.3, 0.4) is 0 Å². The average molecular weight is 423 g/mol. The number of benzene rings is 2.